The van der Waals surface area contributed by atoms with Gasteiger partial charge in [-0.2, -0.15) is 0 Å². The molecule has 0 atom stereocenters. The largest absolute Gasteiger partial charge is 0.508 e. The lowest BCUT2D eigenvalue weighted by Gasteiger charge is -2.28. The molecule has 0 unspecified atom stereocenters. The topological polar surface area (TPSA) is 98.7 Å². The normalized spacial score (nSPS) is 12.7. The maximum Gasteiger partial charge on any atom is 0.265 e. The van der Waals surface area contributed by atoms with E-state index in [0.29, 0.717) is 39.3 Å². The summed E-state index contributed by atoms with van der Waals surface area (Å²) in [5.41, 5.74) is 3.22. The lowest BCUT2D eigenvalue weighted by Crippen LogP contribution is -2.40. The Labute approximate surface area is 189 Å². The van der Waals surface area contributed by atoms with Crippen molar-refractivity contribution in [1.29, 1.82) is 0 Å². The van der Waals surface area contributed by atoms with Crippen molar-refractivity contribution in [3.63, 3.8) is 0 Å². The van der Waals surface area contributed by atoms with Crippen LogP contribution in [-0.4, -0.2) is 22.8 Å². The van der Waals surface area contributed by atoms with Gasteiger partial charge < -0.3 is 15.7 Å². The quantitative estimate of drug-likeness (QED) is 0.388. The van der Waals surface area contributed by atoms with Crippen LogP contribution in [0.2, 0.25) is 0 Å². The molecule has 0 aliphatic carbocycles. The summed E-state index contributed by atoms with van der Waals surface area (Å²) in [6, 6.07) is 22.0. The second kappa shape index (κ2) is 7.80. The number of carbonyl (C=O) groups is 3. The molecule has 0 aromatic heterocycles. The second-order valence-corrected chi connectivity index (χ2v) is 7.70. The Balaban J connectivity index is 1.61. The van der Waals surface area contributed by atoms with Crippen molar-refractivity contribution in [2.24, 2.45) is 0 Å². The molecule has 162 valence electrons. The van der Waals surface area contributed by atoms with E-state index in [1.54, 1.807) is 30.3 Å². The Bertz CT molecular complexity index is 1420. The van der Waals surface area contributed by atoms with Gasteiger partial charge >= 0.3 is 0 Å². The van der Waals surface area contributed by atoms with Gasteiger partial charge in [-0.3, -0.25) is 14.4 Å². The highest BCUT2D eigenvalue weighted by molar-refractivity contribution is 6.36. The maximum atomic E-state index is 13.3. The first-order valence-corrected chi connectivity index (χ1v) is 10.3. The summed E-state index contributed by atoms with van der Waals surface area (Å²) in [7, 11) is 0. The van der Waals surface area contributed by atoms with Gasteiger partial charge in [-0.25, -0.2) is 4.90 Å². The Morgan fingerprint density at radius 1 is 0.758 bits per heavy atom. The van der Waals surface area contributed by atoms with E-state index in [4.69, 9.17) is 0 Å². The van der Waals surface area contributed by atoms with Crippen LogP contribution < -0.4 is 15.5 Å². The molecule has 0 radical (unpaired) electrons. The SMILES string of the molecule is CC(=O)Nc1ccccc1Nc1ccc2c3c(cccc13)C(=O)N(c1ccc(O)cc1)C2=O. The molecule has 0 saturated heterocycles. The molecule has 0 fully saturated rings. The molecule has 5 rings (SSSR count). The number of aromatic hydroxyl groups is 1. The third kappa shape index (κ3) is 3.45. The van der Waals surface area contributed by atoms with E-state index in [-0.39, 0.29) is 11.7 Å². The molecule has 4 aromatic rings. The van der Waals surface area contributed by atoms with Crippen LogP contribution >= 0.6 is 0 Å². The molecule has 1 aliphatic rings. The number of rotatable bonds is 4. The van der Waals surface area contributed by atoms with Gasteiger partial charge in [0.05, 0.1) is 17.1 Å². The molecular weight excluding hydrogens is 418 g/mol. The van der Waals surface area contributed by atoms with E-state index in [2.05, 4.69) is 10.6 Å². The van der Waals surface area contributed by atoms with Crippen molar-refractivity contribution < 1.29 is 19.5 Å². The van der Waals surface area contributed by atoms with E-state index in [0.717, 1.165) is 10.3 Å². The van der Waals surface area contributed by atoms with E-state index in [1.165, 1.54) is 31.2 Å². The standard InChI is InChI=1S/C26H19N3O4/c1-15(30)27-22-7-2-3-8-23(22)28-21-14-13-20-24-18(21)5-4-6-19(24)25(32)29(26(20)33)16-9-11-17(31)12-10-16/h2-14,28,31H,1H3,(H,27,30). The molecule has 3 amide bonds. The number of anilines is 4. The first-order chi connectivity index (χ1) is 15.9. The van der Waals surface area contributed by atoms with Crippen molar-refractivity contribution in [1.82, 2.24) is 0 Å². The van der Waals surface area contributed by atoms with Gasteiger partial charge in [-0.1, -0.05) is 24.3 Å². The van der Waals surface area contributed by atoms with Crippen LogP contribution in [0, 0.1) is 0 Å². The zero-order valence-corrected chi connectivity index (χ0v) is 17.6. The van der Waals surface area contributed by atoms with E-state index in [9.17, 15) is 19.5 Å². The van der Waals surface area contributed by atoms with Crippen molar-refractivity contribution in [2.75, 3.05) is 15.5 Å². The zero-order valence-electron chi connectivity index (χ0n) is 17.6. The Morgan fingerprint density at radius 3 is 2.12 bits per heavy atom. The van der Waals surface area contributed by atoms with Gasteiger partial charge in [-0.05, 0) is 54.6 Å². The third-order valence-corrected chi connectivity index (χ3v) is 5.52. The summed E-state index contributed by atoms with van der Waals surface area (Å²) < 4.78 is 0. The van der Waals surface area contributed by atoms with Gasteiger partial charge in [0.25, 0.3) is 11.8 Å². The lowest BCUT2D eigenvalue weighted by molar-refractivity contribution is -0.114. The molecule has 4 aromatic carbocycles. The van der Waals surface area contributed by atoms with E-state index >= 15 is 0 Å². The smallest absolute Gasteiger partial charge is 0.265 e. The summed E-state index contributed by atoms with van der Waals surface area (Å²) in [5.74, 6) is -1.00. The van der Waals surface area contributed by atoms with Crippen LogP contribution in [0.3, 0.4) is 0 Å². The highest BCUT2D eigenvalue weighted by atomic mass is 16.3. The summed E-state index contributed by atoms with van der Waals surface area (Å²) in [5, 5.41) is 17.0. The number of para-hydroxylation sites is 2. The molecule has 0 spiro atoms. The van der Waals surface area contributed by atoms with Gasteiger partial charge in [0, 0.05) is 34.5 Å². The molecule has 7 heteroatoms. The van der Waals surface area contributed by atoms with Gasteiger partial charge in [0.1, 0.15) is 5.75 Å². The van der Waals surface area contributed by atoms with Crippen molar-refractivity contribution in [2.45, 2.75) is 6.92 Å². The molecule has 7 nitrogen and oxygen atoms in total. The highest BCUT2D eigenvalue weighted by Gasteiger charge is 2.34. The first kappa shape index (κ1) is 20.3. The van der Waals surface area contributed by atoms with E-state index in [1.807, 2.05) is 24.3 Å². The van der Waals surface area contributed by atoms with E-state index < -0.39 is 11.8 Å². The minimum Gasteiger partial charge on any atom is -0.508 e. The minimum absolute atomic E-state index is 0.0495. The Kier molecular flexibility index (Phi) is 4.79. The Morgan fingerprint density at radius 2 is 1.42 bits per heavy atom. The van der Waals surface area contributed by atoms with Gasteiger partial charge in [-0.15, -0.1) is 0 Å². The summed E-state index contributed by atoms with van der Waals surface area (Å²) in [6.07, 6.45) is 0. The average Bonchev–Trinajstić information content (AvgIpc) is 2.80. The minimum atomic E-state index is -0.431. The van der Waals surface area contributed by atoms with Crippen LogP contribution in [0.4, 0.5) is 22.7 Å². The zero-order chi connectivity index (χ0) is 23.1. The molecule has 0 saturated carbocycles. The summed E-state index contributed by atoms with van der Waals surface area (Å²) in [6.45, 7) is 1.44. The summed E-state index contributed by atoms with van der Waals surface area (Å²) >= 11 is 0. The number of phenolic OH excluding ortho intramolecular Hbond substituents is 1. The van der Waals surface area contributed by atoms with Crippen LogP contribution in [0.5, 0.6) is 5.75 Å². The van der Waals surface area contributed by atoms with Crippen LogP contribution in [0.1, 0.15) is 27.6 Å². The number of nitrogens with one attached hydrogen (secondary N) is 2. The number of imide groups is 1. The predicted molar refractivity (Wildman–Crippen MR) is 127 cm³/mol. The molecule has 0 bridgehead atoms. The fraction of sp³-hybridized carbons (Fsp3) is 0.0385. The number of amides is 3. The fourth-order valence-corrected chi connectivity index (χ4v) is 4.08. The fourth-order valence-electron chi connectivity index (χ4n) is 4.08. The van der Waals surface area contributed by atoms with Crippen LogP contribution in [-0.2, 0) is 4.79 Å². The van der Waals surface area contributed by atoms with Gasteiger partial charge in [0.2, 0.25) is 5.91 Å². The van der Waals surface area contributed by atoms with Crippen molar-refractivity contribution >= 4 is 51.2 Å². The maximum absolute atomic E-state index is 13.3. The molecule has 1 heterocycles. The number of hydrogen-bond donors (Lipinski definition) is 3. The number of benzene rings is 4. The second-order valence-electron chi connectivity index (χ2n) is 7.70. The predicted octanol–water partition coefficient (Wildman–Crippen LogP) is 5.05. The Hall–Kier alpha value is -4.65. The summed E-state index contributed by atoms with van der Waals surface area (Å²) in [4.78, 5) is 39.3. The van der Waals surface area contributed by atoms with Crippen LogP contribution in [0.25, 0.3) is 10.8 Å². The molecule has 3 N–H and O–H groups in total. The number of carbonyl (C=O) groups excluding carboxylic acids is 3. The van der Waals surface area contributed by atoms with Crippen molar-refractivity contribution in [3.05, 3.63) is 90.0 Å². The molecular formula is C26H19N3O4. The molecule has 1 aliphatic heterocycles. The number of hydrogen-bond acceptors (Lipinski definition) is 5. The lowest BCUT2D eigenvalue weighted by atomic mass is 9.92. The van der Waals surface area contributed by atoms with Crippen LogP contribution in [0.15, 0.2) is 78.9 Å². The first-order valence-electron chi connectivity index (χ1n) is 10.3. The number of nitrogens with zero attached hydrogens (tertiary/aromatic N) is 1. The number of phenols is 1. The highest BCUT2D eigenvalue weighted by Crippen LogP contribution is 2.38. The molecule has 33 heavy (non-hydrogen) atoms. The van der Waals surface area contributed by atoms with Crippen molar-refractivity contribution in [3.8, 4) is 5.75 Å². The van der Waals surface area contributed by atoms with Gasteiger partial charge in [0.15, 0.2) is 0 Å². The average molecular weight is 437 g/mol. The third-order valence-electron chi connectivity index (χ3n) is 5.52. The monoisotopic (exact) mass is 437 g/mol.